The molecule has 1 aromatic carbocycles. The first kappa shape index (κ1) is 15.1. The van der Waals surface area contributed by atoms with Crippen LogP contribution in [0.1, 0.15) is 37.8 Å². The largest absolute Gasteiger partial charge is 0.508 e. The molecule has 1 saturated heterocycles. The second-order valence-corrected chi connectivity index (χ2v) is 5.79. The first-order chi connectivity index (χ1) is 9.61. The lowest BCUT2D eigenvalue weighted by Crippen LogP contribution is -2.36. The van der Waals surface area contributed by atoms with E-state index in [4.69, 9.17) is 0 Å². The Morgan fingerprint density at radius 2 is 2.00 bits per heavy atom. The van der Waals surface area contributed by atoms with Crippen molar-refractivity contribution in [3.63, 3.8) is 0 Å². The Morgan fingerprint density at radius 3 is 2.60 bits per heavy atom. The zero-order chi connectivity index (χ0) is 14.5. The SMILES string of the molecule is CNCCC1CCN(C(C)c2ccc(O)cc2O)CC1. The highest BCUT2D eigenvalue weighted by atomic mass is 16.3. The summed E-state index contributed by atoms with van der Waals surface area (Å²) in [7, 11) is 2.00. The Kier molecular flexibility index (Phi) is 5.26. The van der Waals surface area contributed by atoms with Crippen LogP contribution >= 0.6 is 0 Å². The first-order valence-electron chi connectivity index (χ1n) is 7.52. The van der Waals surface area contributed by atoms with Gasteiger partial charge in [-0.15, -0.1) is 0 Å². The summed E-state index contributed by atoms with van der Waals surface area (Å²) in [6, 6.07) is 5.08. The van der Waals surface area contributed by atoms with Crippen LogP contribution < -0.4 is 5.32 Å². The lowest BCUT2D eigenvalue weighted by molar-refractivity contribution is 0.136. The van der Waals surface area contributed by atoms with E-state index >= 15 is 0 Å². The van der Waals surface area contributed by atoms with E-state index in [1.807, 2.05) is 13.1 Å². The molecule has 1 fully saturated rings. The number of likely N-dealkylation sites (tertiary alicyclic amines) is 1. The Labute approximate surface area is 121 Å². The van der Waals surface area contributed by atoms with Crippen LogP contribution in [0.2, 0.25) is 0 Å². The molecule has 1 atom stereocenters. The van der Waals surface area contributed by atoms with E-state index in [9.17, 15) is 10.2 Å². The average molecular weight is 278 g/mol. The highest BCUT2D eigenvalue weighted by Gasteiger charge is 2.24. The summed E-state index contributed by atoms with van der Waals surface area (Å²) in [6.45, 7) is 5.38. The Balaban J connectivity index is 1.92. The molecule has 0 spiro atoms. The summed E-state index contributed by atoms with van der Waals surface area (Å²) in [5.41, 5.74) is 0.900. The van der Waals surface area contributed by atoms with Crippen molar-refractivity contribution < 1.29 is 10.2 Å². The number of hydrogen-bond donors (Lipinski definition) is 3. The van der Waals surface area contributed by atoms with E-state index in [0.29, 0.717) is 0 Å². The van der Waals surface area contributed by atoms with Gasteiger partial charge in [0.2, 0.25) is 0 Å². The lowest BCUT2D eigenvalue weighted by atomic mass is 9.92. The van der Waals surface area contributed by atoms with Crippen molar-refractivity contribution in [3.05, 3.63) is 23.8 Å². The van der Waals surface area contributed by atoms with E-state index in [1.54, 1.807) is 6.07 Å². The maximum atomic E-state index is 9.97. The van der Waals surface area contributed by atoms with Crippen LogP contribution in [0.25, 0.3) is 0 Å². The predicted octanol–water partition coefficient (Wildman–Crippen LogP) is 2.48. The van der Waals surface area contributed by atoms with Crippen molar-refractivity contribution >= 4 is 0 Å². The van der Waals surface area contributed by atoms with Crippen molar-refractivity contribution in [3.8, 4) is 11.5 Å². The average Bonchev–Trinajstić information content (AvgIpc) is 2.45. The number of nitrogens with zero attached hydrogens (tertiary/aromatic N) is 1. The lowest BCUT2D eigenvalue weighted by Gasteiger charge is -2.36. The summed E-state index contributed by atoms with van der Waals surface area (Å²) in [6.07, 6.45) is 3.71. The third kappa shape index (κ3) is 3.64. The summed E-state index contributed by atoms with van der Waals surface area (Å²) in [5.74, 6) is 1.12. The van der Waals surface area contributed by atoms with Crippen molar-refractivity contribution in [2.45, 2.75) is 32.2 Å². The second-order valence-electron chi connectivity index (χ2n) is 5.79. The van der Waals surface area contributed by atoms with Gasteiger partial charge in [0, 0.05) is 17.7 Å². The third-order valence-corrected chi connectivity index (χ3v) is 4.46. The van der Waals surface area contributed by atoms with Gasteiger partial charge in [0.15, 0.2) is 0 Å². The zero-order valence-electron chi connectivity index (χ0n) is 12.5. The number of aromatic hydroxyl groups is 2. The van der Waals surface area contributed by atoms with Crippen LogP contribution in [-0.2, 0) is 0 Å². The number of rotatable bonds is 5. The maximum Gasteiger partial charge on any atom is 0.124 e. The van der Waals surface area contributed by atoms with Crippen LogP contribution in [0.4, 0.5) is 0 Å². The van der Waals surface area contributed by atoms with Crippen molar-refractivity contribution in [1.29, 1.82) is 0 Å². The van der Waals surface area contributed by atoms with Gasteiger partial charge in [-0.3, -0.25) is 4.90 Å². The summed E-state index contributed by atoms with van der Waals surface area (Å²) >= 11 is 0. The maximum absolute atomic E-state index is 9.97. The zero-order valence-corrected chi connectivity index (χ0v) is 12.5. The van der Waals surface area contributed by atoms with Gasteiger partial charge in [0.1, 0.15) is 11.5 Å². The molecule has 0 radical (unpaired) electrons. The van der Waals surface area contributed by atoms with Crippen molar-refractivity contribution in [1.82, 2.24) is 10.2 Å². The van der Waals surface area contributed by atoms with Gasteiger partial charge in [0.25, 0.3) is 0 Å². The third-order valence-electron chi connectivity index (χ3n) is 4.46. The summed E-state index contributed by atoms with van der Waals surface area (Å²) in [5, 5.41) is 22.6. The number of phenols is 2. The van der Waals surface area contributed by atoms with E-state index in [1.165, 1.54) is 25.3 Å². The van der Waals surface area contributed by atoms with Crippen molar-refractivity contribution in [2.24, 2.45) is 5.92 Å². The Hall–Kier alpha value is -1.26. The molecule has 20 heavy (non-hydrogen) atoms. The van der Waals surface area contributed by atoms with E-state index in [0.717, 1.165) is 31.1 Å². The molecule has 3 N–H and O–H groups in total. The molecule has 1 aliphatic rings. The molecule has 4 heteroatoms. The van der Waals surface area contributed by atoms with Gasteiger partial charge in [0.05, 0.1) is 0 Å². The Bertz CT molecular complexity index is 428. The van der Waals surface area contributed by atoms with Crippen LogP contribution in [0.3, 0.4) is 0 Å². The van der Waals surface area contributed by atoms with Gasteiger partial charge >= 0.3 is 0 Å². The molecule has 0 amide bonds. The fourth-order valence-electron chi connectivity index (χ4n) is 3.06. The van der Waals surface area contributed by atoms with Gasteiger partial charge in [-0.1, -0.05) is 6.07 Å². The Morgan fingerprint density at radius 1 is 1.30 bits per heavy atom. The standard InChI is InChI=1S/C16H26N2O2/c1-12(15-4-3-14(19)11-16(15)20)18-9-6-13(7-10-18)5-8-17-2/h3-4,11-13,17,19-20H,5-10H2,1-2H3. The molecule has 0 aliphatic carbocycles. The van der Waals surface area contributed by atoms with Crippen molar-refractivity contribution in [2.75, 3.05) is 26.7 Å². The minimum Gasteiger partial charge on any atom is -0.508 e. The van der Waals surface area contributed by atoms with Crippen LogP contribution in [0.5, 0.6) is 11.5 Å². The van der Waals surface area contributed by atoms with Gasteiger partial charge in [-0.25, -0.2) is 0 Å². The van der Waals surface area contributed by atoms with E-state index in [2.05, 4.69) is 17.1 Å². The van der Waals surface area contributed by atoms with Gasteiger partial charge in [-0.05, 0) is 64.9 Å². The number of hydrogen-bond acceptors (Lipinski definition) is 4. The molecule has 0 saturated carbocycles. The highest BCUT2D eigenvalue weighted by molar-refractivity contribution is 5.40. The normalized spacial score (nSPS) is 19.1. The molecule has 1 aromatic rings. The number of phenolic OH excluding ortho intramolecular Hbond substituents is 2. The molecule has 1 aliphatic heterocycles. The van der Waals surface area contributed by atoms with Crippen LogP contribution in [-0.4, -0.2) is 41.8 Å². The molecule has 0 bridgehead atoms. The number of benzene rings is 1. The quantitative estimate of drug-likeness (QED) is 0.774. The molecule has 2 rings (SSSR count). The van der Waals surface area contributed by atoms with E-state index in [-0.39, 0.29) is 17.5 Å². The summed E-state index contributed by atoms with van der Waals surface area (Å²) in [4.78, 5) is 2.42. The van der Waals surface area contributed by atoms with E-state index < -0.39 is 0 Å². The van der Waals surface area contributed by atoms with Crippen LogP contribution in [0, 0.1) is 5.92 Å². The predicted molar refractivity (Wildman–Crippen MR) is 81.0 cm³/mol. The number of nitrogens with one attached hydrogen (secondary N) is 1. The fourth-order valence-corrected chi connectivity index (χ4v) is 3.06. The topological polar surface area (TPSA) is 55.7 Å². The molecule has 112 valence electrons. The number of piperidine rings is 1. The second kappa shape index (κ2) is 6.95. The fraction of sp³-hybridized carbons (Fsp3) is 0.625. The smallest absolute Gasteiger partial charge is 0.124 e. The monoisotopic (exact) mass is 278 g/mol. The minimum absolute atomic E-state index is 0.115. The molecule has 1 heterocycles. The highest BCUT2D eigenvalue weighted by Crippen LogP contribution is 2.33. The molecule has 1 unspecified atom stereocenters. The first-order valence-corrected chi connectivity index (χ1v) is 7.52. The van der Waals surface area contributed by atoms with Crippen LogP contribution in [0.15, 0.2) is 18.2 Å². The molecule has 0 aromatic heterocycles. The van der Waals surface area contributed by atoms with Gasteiger partial charge < -0.3 is 15.5 Å². The van der Waals surface area contributed by atoms with Gasteiger partial charge in [-0.2, -0.15) is 0 Å². The molecular formula is C16H26N2O2. The molecule has 4 nitrogen and oxygen atoms in total. The minimum atomic E-state index is 0.115. The molecular weight excluding hydrogens is 252 g/mol. The summed E-state index contributed by atoms with van der Waals surface area (Å²) < 4.78 is 0.